The molecule has 0 fully saturated rings. The molecule has 1 amide bonds. The van der Waals surface area contributed by atoms with Gasteiger partial charge in [-0.15, -0.1) is 5.11 Å². The molecule has 24 heavy (non-hydrogen) atoms. The van der Waals surface area contributed by atoms with Crippen molar-refractivity contribution in [3.05, 3.63) is 64.7 Å². The SMILES string of the molecule is C=C(C)C(=O)Nc1ccccc1N=Nc1ccc([N+](=O)[O-])c(O)c1. The van der Waals surface area contributed by atoms with Crippen molar-refractivity contribution in [3.8, 4) is 5.75 Å². The van der Waals surface area contributed by atoms with Gasteiger partial charge in [0, 0.05) is 17.7 Å². The van der Waals surface area contributed by atoms with Crippen molar-refractivity contribution in [2.24, 2.45) is 10.2 Å². The second kappa shape index (κ2) is 7.14. The number of carbonyl (C=O) groups excluding carboxylic acids is 1. The first-order chi connectivity index (χ1) is 11.4. The first-order valence-electron chi connectivity index (χ1n) is 6.83. The number of nitro benzene ring substituents is 1. The molecule has 0 aliphatic carbocycles. The van der Waals surface area contributed by atoms with Crippen LogP contribution in [-0.4, -0.2) is 15.9 Å². The predicted molar refractivity (Wildman–Crippen MR) is 88.8 cm³/mol. The lowest BCUT2D eigenvalue weighted by molar-refractivity contribution is -0.385. The van der Waals surface area contributed by atoms with Gasteiger partial charge in [0.15, 0.2) is 5.75 Å². The fourth-order valence-electron chi connectivity index (χ4n) is 1.74. The van der Waals surface area contributed by atoms with E-state index in [9.17, 15) is 20.0 Å². The number of phenolic OH excluding ortho intramolecular Hbond substituents is 1. The second-order valence-corrected chi connectivity index (χ2v) is 4.88. The highest BCUT2D eigenvalue weighted by Gasteiger charge is 2.13. The summed E-state index contributed by atoms with van der Waals surface area (Å²) in [4.78, 5) is 21.7. The summed E-state index contributed by atoms with van der Waals surface area (Å²) in [6.45, 7) is 5.14. The van der Waals surface area contributed by atoms with Gasteiger partial charge in [-0.1, -0.05) is 18.7 Å². The minimum Gasteiger partial charge on any atom is -0.502 e. The van der Waals surface area contributed by atoms with E-state index in [1.54, 1.807) is 31.2 Å². The number of nitro groups is 1. The highest BCUT2D eigenvalue weighted by Crippen LogP contribution is 2.32. The molecule has 8 heteroatoms. The standard InChI is InChI=1S/C16H14N4O4/c1-10(2)16(22)17-12-5-3-4-6-13(12)19-18-11-7-8-14(20(23)24)15(21)9-11/h3-9,21H,1H2,2H3,(H,17,22). The van der Waals surface area contributed by atoms with Gasteiger partial charge in [0.05, 0.1) is 16.3 Å². The van der Waals surface area contributed by atoms with Crippen molar-refractivity contribution in [1.29, 1.82) is 0 Å². The molecule has 0 spiro atoms. The van der Waals surface area contributed by atoms with Crippen LogP contribution >= 0.6 is 0 Å². The third-order valence-corrected chi connectivity index (χ3v) is 2.97. The molecule has 0 saturated heterocycles. The molecule has 2 N–H and O–H groups in total. The Morgan fingerprint density at radius 1 is 1.25 bits per heavy atom. The van der Waals surface area contributed by atoms with Crippen LogP contribution in [0.25, 0.3) is 0 Å². The van der Waals surface area contributed by atoms with Crippen molar-refractivity contribution in [2.75, 3.05) is 5.32 Å². The van der Waals surface area contributed by atoms with Crippen LogP contribution in [0.15, 0.2) is 64.8 Å². The number of hydrogen-bond acceptors (Lipinski definition) is 6. The average molecular weight is 326 g/mol. The zero-order chi connectivity index (χ0) is 17.7. The van der Waals surface area contributed by atoms with Gasteiger partial charge in [-0.05, 0) is 25.1 Å². The summed E-state index contributed by atoms with van der Waals surface area (Å²) in [7, 11) is 0. The molecule has 0 heterocycles. The highest BCUT2D eigenvalue weighted by molar-refractivity contribution is 6.04. The summed E-state index contributed by atoms with van der Waals surface area (Å²) < 4.78 is 0. The van der Waals surface area contributed by atoms with E-state index in [2.05, 4.69) is 22.1 Å². The molecule has 0 aromatic heterocycles. The van der Waals surface area contributed by atoms with E-state index in [1.165, 1.54) is 6.07 Å². The highest BCUT2D eigenvalue weighted by atomic mass is 16.6. The molecule has 2 aromatic carbocycles. The summed E-state index contributed by atoms with van der Waals surface area (Å²) in [5, 5.41) is 30.8. The van der Waals surface area contributed by atoms with E-state index in [0.29, 0.717) is 16.9 Å². The summed E-state index contributed by atoms with van der Waals surface area (Å²) in [5.74, 6) is -0.842. The number of para-hydroxylation sites is 1. The van der Waals surface area contributed by atoms with Crippen molar-refractivity contribution in [3.63, 3.8) is 0 Å². The van der Waals surface area contributed by atoms with Crippen LogP contribution in [-0.2, 0) is 4.79 Å². The van der Waals surface area contributed by atoms with Crippen LogP contribution in [0.1, 0.15) is 6.92 Å². The lowest BCUT2D eigenvalue weighted by Crippen LogP contribution is -2.11. The Balaban J connectivity index is 2.26. The van der Waals surface area contributed by atoms with Gasteiger partial charge in [0.1, 0.15) is 5.69 Å². The molecule has 0 unspecified atom stereocenters. The van der Waals surface area contributed by atoms with Gasteiger partial charge in [-0.2, -0.15) is 5.11 Å². The number of rotatable bonds is 5. The molecule has 0 atom stereocenters. The maximum atomic E-state index is 11.7. The molecule has 8 nitrogen and oxygen atoms in total. The molecule has 2 aromatic rings. The Bertz CT molecular complexity index is 846. The maximum absolute atomic E-state index is 11.7. The van der Waals surface area contributed by atoms with Crippen LogP contribution in [0.3, 0.4) is 0 Å². The largest absolute Gasteiger partial charge is 0.502 e. The van der Waals surface area contributed by atoms with Gasteiger partial charge >= 0.3 is 5.69 Å². The lowest BCUT2D eigenvalue weighted by atomic mass is 10.2. The summed E-state index contributed by atoms with van der Waals surface area (Å²) in [6, 6.07) is 10.4. The van der Waals surface area contributed by atoms with Gasteiger partial charge in [-0.3, -0.25) is 14.9 Å². The summed E-state index contributed by atoms with van der Waals surface area (Å²) in [5.41, 5.74) is 1.01. The van der Waals surface area contributed by atoms with E-state index in [0.717, 1.165) is 12.1 Å². The van der Waals surface area contributed by atoms with Crippen LogP contribution in [0.2, 0.25) is 0 Å². The van der Waals surface area contributed by atoms with Crippen molar-refractivity contribution in [1.82, 2.24) is 0 Å². The molecule has 2 rings (SSSR count). The minimum absolute atomic E-state index is 0.235. The average Bonchev–Trinajstić information content (AvgIpc) is 2.53. The summed E-state index contributed by atoms with van der Waals surface area (Å²) in [6.07, 6.45) is 0. The Morgan fingerprint density at radius 3 is 2.58 bits per heavy atom. The molecule has 0 radical (unpaired) electrons. The van der Waals surface area contributed by atoms with E-state index in [-0.39, 0.29) is 11.6 Å². The number of aromatic hydroxyl groups is 1. The van der Waals surface area contributed by atoms with Crippen molar-refractivity contribution < 1.29 is 14.8 Å². The van der Waals surface area contributed by atoms with E-state index in [1.807, 2.05) is 0 Å². The third-order valence-electron chi connectivity index (χ3n) is 2.97. The van der Waals surface area contributed by atoms with Crippen LogP contribution < -0.4 is 5.32 Å². The molecule has 0 saturated carbocycles. The van der Waals surface area contributed by atoms with Crippen molar-refractivity contribution in [2.45, 2.75) is 6.92 Å². The number of benzene rings is 2. The first-order valence-corrected chi connectivity index (χ1v) is 6.83. The van der Waals surface area contributed by atoms with Crippen molar-refractivity contribution >= 4 is 28.7 Å². The Kier molecular flexibility index (Phi) is 5.00. The van der Waals surface area contributed by atoms with Crippen LogP contribution in [0.4, 0.5) is 22.7 Å². The van der Waals surface area contributed by atoms with Gasteiger partial charge in [-0.25, -0.2) is 0 Å². The molecule has 122 valence electrons. The number of carbonyl (C=O) groups is 1. The fourth-order valence-corrected chi connectivity index (χ4v) is 1.74. The zero-order valence-electron chi connectivity index (χ0n) is 12.8. The number of hydrogen-bond donors (Lipinski definition) is 2. The number of nitrogens with one attached hydrogen (secondary N) is 1. The van der Waals surface area contributed by atoms with Gasteiger partial charge < -0.3 is 10.4 Å². The topological polar surface area (TPSA) is 117 Å². The monoisotopic (exact) mass is 326 g/mol. The Morgan fingerprint density at radius 2 is 1.96 bits per heavy atom. The van der Waals surface area contributed by atoms with E-state index >= 15 is 0 Å². The van der Waals surface area contributed by atoms with E-state index < -0.39 is 16.4 Å². The summed E-state index contributed by atoms with van der Waals surface area (Å²) >= 11 is 0. The zero-order valence-corrected chi connectivity index (χ0v) is 12.8. The number of azo groups is 1. The number of amides is 1. The fraction of sp³-hybridized carbons (Fsp3) is 0.0625. The normalized spacial score (nSPS) is 10.5. The predicted octanol–water partition coefficient (Wildman–Crippen LogP) is 4.23. The second-order valence-electron chi connectivity index (χ2n) is 4.88. The quantitative estimate of drug-likeness (QED) is 0.370. The molecule has 0 aliphatic heterocycles. The first kappa shape index (κ1) is 16.8. The van der Waals surface area contributed by atoms with Gasteiger partial charge in [0.25, 0.3) is 5.91 Å². The number of nitrogens with zero attached hydrogens (tertiary/aromatic N) is 3. The Hall–Kier alpha value is -3.55. The molecular weight excluding hydrogens is 312 g/mol. The number of phenols is 1. The lowest BCUT2D eigenvalue weighted by Gasteiger charge is -2.06. The maximum Gasteiger partial charge on any atom is 0.310 e. The van der Waals surface area contributed by atoms with Crippen LogP contribution in [0, 0.1) is 10.1 Å². The molecule has 0 aliphatic rings. The van der Waals surface area contributed by atoms with Gasteiger partial charge in [0.2, 0.25) is 0 Å². The smallest absolute Gasteiger partial charge is 0.310 e. The minimum atomic E-state index is -0.696. The third kappa shape index (κ3) is 4.01. The Labute approximate surface area is 137 Å². The molecule has 0 bridgehead atoms. The number of anilines is 1. The molecular formula is C16H14N4O4. The van der Waals surface area contributed by atoms with E-state index in [4.69, 9.17) is 0 Å². The van der Waals surface area contributed by atoms with Crippen LogP contribution in [0.5, 0.6) is 5.75 Å².